The van der Waals surface area contributed by atoms with Crippen LogP contribution in [-0.4, -0.2) is 60.4 Å². The molecule has 0 aliphatic carbocycles. The van der Waals surface area contributed by atoms with E-state index >= 15 is 0 Å². The molecular formula is C22H32N4O3. The summed E-state index contributed by atoms with van der Waals surface area (Å²) in [6.45, 7) is 5.76. The van der Waals surface area contributed by atoms with E-state index in [2.05, 4.69) is 16.0 Å². The summed E-state index contributed by atoms with van der Waals surface area (Å²) in [5.41, 5.74) is 1.17. The molecule has 29 heavy (non-hydrogen) atoms. The van der Waals surface area contributed by atoms with Crippen LogP contribution < -0.4 is 16.0 Å². The van der Waals surface area contributed by atoms with Crippen molar-refractivity contribution in [1.82, 2.24) is 20.9 Å². The van der Waals surface area contributed by atoms with Crippen molar-refractivity contribution < 1.29 is 14.4 Å². The first-order valence-electron chi connectivity index (χ1n) is 10.6. The number of carbonyl (C=O) groups excluding carboxylic acids is 3. The van der Waals surface area contributed by atoms with Crippen molar-refractivity contribution in [3.63, 3.8) is 0 Å². The normalized spacial score (nSPS) is 22.1. The van der Waals surface area contributed by atoms with E-state index in [0.29, 0.717) is 19.5 Å². The Morgan fingerprint density at radius 2 is 1.86 bits per heavy atom. The largest absolute Gasteiger partial charge is 0.354 e. The molecule has 2 aliphatic rings. The number of nitrogens with zero attached hydrogens (tertiary/aromatic N) is 1. The van der Waals surface area contributed by atoms with Gasteiger partial charge in [-0.2, -0.15) is 0 Å². The van der Waals surface area contributed by atoms with Gasteiger partial charge in [-0.05, 0) is 43.7 Å². The first-order valence-corrected chi connectivity index (χ1v) is 10.6. The average Bonchev–Trinajstić information content (AvgIpc) is 3.14. The molecule has 2 aliphatic heterocycles. The molecule has 3 N–H and O–H groups in total. The van der Waals surface area contributed by atoms with Gasteiger partial charge in [-0.15, -0.1) is 0 Å². The average molecular weight is 401 g/mol. The van der Waals surface area contributed by atoms with Gasteiger partial charge in [0.25, 0.3) is 0 Å². The van der Waals surface area contributed by atoms with Crippen molar-refractivity contribution in [2.45, 2.75) is 57.7 Å². The number of benzene rings is 1. The molecule has 0 radical (unpaired) electrons. The lowest BCUT2D eigenvalue weighted by Crippen LogP contribution is -2.60. The third kappa shape index (κ3) is 5.35. The fourth-order valence-electron chi connectivity index (χ4n) is 3.85. The van der Waals surface area contributed by atoms with Crippen LogP contribution in [0, 0.1) is 5.92 Å². The van der Waals surface area contributed by atoms with Crippen LogP contribution in [0.5, 0.6) is 0 Å². The van der Waals surface area contributed by atoms with Crippen molar-refractivity contribution in [3.8, 4) is 0 Å². The maximum Gasteiger partial charge on any atom is 0.246 e. The van der Waals surface area contributed by atoms with Crippen molar-refractivity contribution in [1.29, 1.82) is 0 Å². The minimum absolute atomic E-state index is 0.0473. The number of carbonyl (C=O) groups is 3. The second-order valence-electron chi connectivity index (χ2n) is 8.24. The smallest absolute Gasteiger partial charge is 0.246 e. The van der Waals surface area contributed by atoms with E-state index in [1.54, 1.807) is 4.90 Å². The molecule has 0 saturated carbocycles. The second kappa shape index (κ2) is 9.87. The van der Waals surface area contributed by atoms with Crippen molar-refractivity contribution in [3.05, 3.63) is 35.9 Å². The summed E-state index contributed by atoms with van der Waals surface area (Å²) in [7, 11) is 0. The summed E-state index contributed by atoms with van der Waals surface area (Å²) in [6.07, 6.45) is 3.00. The number of hydrogen-bond donors (Lipinski definition) is 3. The van der Waals surface area contributed by atoms with Crippen molar-refractivity contribution in [2.75, 3.05) is 19.6 Å². The topological polar surface area (TPSA) is 90.5 Å². The third-order valence-corrected chi connectivity index (χ3v) is 5.76. The Kier molecular flexibility index (Phi) is 7.25. The van der Waals surface area contributed by atoms with Gasteiger partial charge in [0.1, 0.15) is 12.1 Å². The van der Waals surface area contributed by atoms with Crippen LogP contribution >= 0.6 is 0 Å². The fourth-order valence-corrected chi connectivity index (χ4v) is 3.85. The summed E-state index contributed by atoms with van der Waals surface area (Å²) in [4.78, 5) is 39.9. The van der Waals surface area contributed by atoms with Crippen LogP contribution in [0.3, 0.4) is 0 Å². The van der Waals surface area contributed by atoms with Crippen LogP contribution in [0.25, 0.3) is 0 Å². The molecule has 3 rings (SSSR count). The summed E-state index contributed by atoms with van der Waals surface area (Å²) in [5, 5.41) is 8.93. The highest BCUT2D eigenvalue weighted by molar-refractivity contribution is 5.93. The first-order chi connectivity index (χ1) is 14.0. The molecule has 2 fully saturated rings. The van der Waals surface area contributed by atoms with Crippen molar-refractivity contribution >= 4 is 17.7 Å². The standard InChI is InChI=1S/C22H32N4O3/c1-15(2)19(25-20(27)17-11-13-23-17)22(29)26-14-6-9-18(26)21(28)24-12-10-16-7-4-3-5-8-16/h3-5,7-8,15,17-19,23H,6,9-14H2,1-2H3,(H,24,28)(H,25,27)/t17-,18-,19-/m0/s1. The Hall–Kier alpha value is -2.41. The highest BCUT2D eigenvalue weighted by atomic mass is 16.2. The van der Waals surface area contributed by atoms with Crippen molar-refractivity contribution in [2.24, 2.45) is 5.92 Å². The highest BCUT2D eigenvalue weighted by Crippen LogP contribution is 2.21. The highest BCUT2D eigenvalue weighted by Gasteiger charge is 2.39. The van der Waals surface area contributed by atoms with Gasteiger partial charge < -0.3 is 20.9 Å². The lowest BCUT2D eigenvalue weighted by atomic mass is 10.00. The molecule has 0 aromatic heterocycles. The Morgan fingerprint density at radius 3 is 2.48 bits per heavy atom. The predicted octanol–water partition coefficient (Wildman–Crippen LogP) is 0.839. The monoisotopic (exact) mass is 400 g/mol. The molecule has 3 amide bonds. The zero-order valence-corrected chi connectivity index (χ0v) is 17.3. The zero-order valence-electron chi connectivity index (χ0n) is 17.3. The van der Waals surface area contributed by atoms with Crippen LogP contribution in [0.1, 0.15) is 38.7 Å². The molecule has 2 heterocycles. The molecule has 0 unspecified atom stereocenters. The van der Waals surface area contributed by atoms with Gasteiger partial charge in [-0.25, -0.2) is 0 Å². The zero-order chi connectivity index (χ0) is 20.8. The maximum absolute atomic E-state index is 13.2. The molecule has 0 bridgehead atoms. The van der Waals surface area contributed by atoms with Gasteiger partial charge in [0, 0.05) is 13.1 Å². The summed E-state index contributed by atoms with van der Waals surface area (Å²) in [5.74, 6) is -0.449. The minimum Gasteiger partial charge on any atom is -0.354 e. The number of rotatable bonds is 8. The lowest BCUT2D eigenvalue weighted by molar-refractivity contribution is -0.142. The lowest BCUT2D eigenvalue weighted by Gasteiger charge is -2.33. The Balaban J connectivity index is 1.56. The van der Waals surface area contributed by atoms with E-state index in [9.17, 15) is 14.4 Å². The van der Waals surface area contributed by atoms with Gasteiger partial charge >= 0.3 is 0 Å². The minimum atomic E-state index is -0.609. The molecular weight excluding hydrogens is 368 g/mol. The molecule has 2 saturated heterocycles. The molecule has 1 aromatic rings. The van der Waals surface area contributed by atoms with E-state index < -0.39 is 12.1 Å². The van der Waals surface area contributed by atoms with Crippen LogP contribution in [0.2, 0.25) is 0 Å². The van der Waals surface area contributed by atoms with Crippen LogP contribution in [-0.2, 0) is 20.8 Å². The van der Waals surface area contributed by atoms with E-state index in [1.165, 1.54) is 5.56 Å². The van der Waals surface area contributed by atoms with Crippen LogP contribution in [0.15, 0.2) is 30.3 Å². The number of amides is 3. The van der Waals surface area contributed by atoms with Gasteiger partial charge in [0.2, 0.25) is 17.7 Å². The molecule has 3 atom stereocenters. The summed E-state index contributed by atoms with van der Waals surface area (Å²) in [6, 6.07) is 8.71. The summed E-state index contributed by atoms with van der Waals surface area (Å²) < 4.78 is 0. The molecule has 0 spiro atoms. The molecule has 7 nitrogen and oxygen atoms in total. The summed E-state index contributed by atoms with van der Waals surface area (Å²) >= 11 is 0. The van der Waals surface area contributed by atoms with Gasteiger partial charge in [0.15, 0.2) is 0 Å². The first kappa shape index (κ1) is 21.3. The number of likely N-dealkylation sites (tertiary alicyclic amines) is 1. The SMILES string of the molecule is CC(C)[C@H](NC(=O)[C@@H]1CCN1)C(=O)N1CCC[C@H]1C(=O)NCCc1ccccc1. The number of nitrogens with one attached hydrogen (secondary N) is 3. The Labute approximate surface area is 172 Å². The van der Waals surface area contributed by atoms with Gasteiger partial charge in [-0.3, -0.25) is 14.4 Å². The molecule has 7 heteroatoms. The van der Waals surface area contributed by atoms with E-state index in [1.807, 2.05) is 44.2 Å². The van der Waals surface area contributed by atoms with Gasteiger partial charge in [0.05, 0.1) is 6.04 Å². The van der Waals surface area contributed by atoms with E-state index in [4.69, 9.17) is 0 Å². The molecule has 1 aromatic carbocycles. The molecule has 158 valence electrons. The van der Waals surface area contributed by atoms with E-state index in [0.717, 1.165) is 25.8 Å². The third-order valence-electron chi connectivity index (χ3n) is 5.76. The van der Waals surface area contributed by atoms with Crippen LogP contribution in [0.4, 0.5) is 0 Å². The maximum atomic E-state index is 13.2. The Morgan fingerprint density at radius 1 is 1.14 bits per heavy atom. The van der Waals surface area contributed by atoms with Gasteiger partial charge in [-0.1, -0.05) is 44.2 Å². The second-order valence-corrected chi connectivity index (χ2v) is 8.24. The fraction of sp³-hybridized carbons (Fsp3) is 0.591. The number of hydrogen-bond acceptors (Lipinski definition) is 4. The van der Waals surface area contributed by atoms with E-state index in [-0.39, 0.29) is 29.7 Å². The quantitative estimate of drug-likeness (QED) is 0.603. The predicted molar refractivity (Wildman–Crippen MR) is 111 cm³/mol. The Bertz CT molecular complexity index is 718.